The summed E-state index contributed by atoms with van der Waals surface area (Å²) in [6.07, 6.45) is 0.670. The highest BCUT2D eigenvalue weighted by Gasteiger charge is 2.50. The van der Waals surface area contributed by atoms with Crippen LogP contribution < -0.4 is 0 Å². The molecule has 2 heterocycles. The van der Waals surface area contributed by atoms with Crippen molar-refractivity contribution in [3.05, 3.63) is 0 Å². The van der Waals surface area contributed by atoms with Crippen LogP contribution in [0.15, 0.2) is 0 Å². The van der Waals surface area contributed by atoms with Crippen molar-refractivity contribution in [1.29, 1.82) is 0 Å². The Morgan fingerprint density at radius 1 is 0.651 bits per heavy atom. The highest BCUT2D eigenvalue weighted by molar-refractivity contribution is 7.88. The minimum Gasteiger partial charge on any atom is -0.441 e. The van der Waals surface area contributed by atoms with Crippen LogP contribution in [0.1, 0.15) is 40.5 Å². The Balaban J connectivity index is 1.56. The zero-order chi connectivity index (χ0) is 32.5. The first-order chi connectivity index (χ1) is 20.0. The molecule has 2 aliphatic rings. The number of hydrogen-bond donors (Lipinski definition) is 0. The van der Waals surface area contributed by atoms with Gasteiger partial charge in [0, 0.05) is 14.1 Å². The summed E-state index contributed by atoms with van der Waals surface area (Å²) in [4.78, 5) is 48.8. The van der Waals surface area contributed by atoms with E-state index in [1.165, 1.54) is 14.1 Å². The molecule has 0 spiro atoms. The van der Waals surface area contributed by atoms with E-state index >= 15 is 0 Å². The molecule has 0 aliphatic carbocycles. The first-order valence-electron chi connectivity index (χ1n) is 13.6. The monoisotopic (exact) mass is 658 g/mol. The molecule has 0 saturated carbocycles. The van der Waals surface area contributed by atoms with Gasteiger partial charge in [-0.2, -0.15) is 34.1 Å². The van der Waals surface area contributed by atoms with Gasteiger partial charge in [0.1, 0.15) is 25.3 Å². The van der Waals surface area contributed by atoms with Gasteiger partial charge in [0.05, 0.1) is 26.4 Å². The molecule has 2 amide bonds. The first kappa shape index (κ1) is 36.8. The van der Waals surface area contributed by atoms with Gasteiger partial charge in [-0.15, -0.1) is 0 Å². The summed E-state index contributed by atoms with van der Waals surface area (Å²) in [6, 6.07) is -1.70. The first-order valence-corrected chi connectivity index (χ1v) is 16.4. The van der Waals surface area contributed by atoms with Gasteiger partial charge in [0.15, 0.2) is 13.5 Å². The molecule has 2 fully saturated rings. The number of hydrogen-bond acceptors (Lipinski definition) is 13. The van der Waals surface area contributed by atoms with E-state index in [2.05, 4.69) is 0 Å². The van der Waals surface area contributed by atoms with Gasteiger partial charge in [-0.1, -0.05) is 27.7 Å². The van der Waals surface area contributed by atoms with Crippen LogP contribution in [-0.2, 0) is 63.3 Å². The van der Waals surface area contributed by atoms with Gasteiger partial charge in [0.2, 0.25) is 0 Å². The van der Waals surface area contributed by atoms with Gasteiger partial charge in [-0.3, -0.25) is 9.59 Å². The molecule has 0 aromatic carbocycles. The van der Waals surface area contributed by atoms with Crippen molar-refractivity contribution in [3.63, 3.8) is 0 Å². The van der Waals surface area contributed by atoms with E-state index in [4.69, 9.17) is 23.7 Å². The van der Waals surface area contributed by atoms with Gasteiger partial charge in [-0.25, -0.2) is 9.59 Å². The Kier molecular flexibility index (Phi) is 13.7. The van der Waals surface area contributed by atoms with Gasteiger partial charge in [-0.05, 0) is 24.7 Å². The molecule has 0 radical (unpaired) electrons. The summed E-state index contributed by atoms with van der Waals surface area (Å²) in [5, 5.41) is 0. The molecule has 2 rings (SSSR count). The Labute approximate surface area is 252 Å². The fourth-order valence-electron chi connectivity index (χ4n) is 4.15. The highest BCUT2D eigenvalue weighted by Crippen LogP contribution is 2.27. The van der Waals surface area contributed by atoms with Crippen LogP contribution in [0.4, 0.5) is 0 Å². The average molecular weight is 659 g/mol. The Bertz CT molecular complexity index is 1120. The van der Waals surface area contributed by atoms with Crippen molar-refractivity contribution in [1.82, 2.24) is 17.2 Å². The predicted molar refractivity (Wildman–Crippen MR) is 148 cm³/mol. The van der Waals surface area contributed by atoms with E-state index < -0.39 is 82.9 Å². The number of nitrogens with zero attached hydrogens (tertiary/aromatic N) is 4. The third-order valence-electron chi connectivity index (χ3n) is 6.48. The van der Waals surface area contributed by atoms with E-state index in [1.54, 1.807) is 0 Å². The number of rotatable bonds is 18. The molecular weight excluding hydrogens is 616 g/mol. The molecule has 0 aromatic heterocycles. The second-order valence-corrected chi connectivity index (χ2v) is 14.5. The third kappa shape index (κ3) is 9.79. The summed E-state index contributed by atoms with van der Waals surface area (Å²) >= 11 is 0. The van der Waals surface area contributed by atoms with Crippen molar-refractivity contribution in [3.8, 4) is 0 Å². The summed E-state index contributed by atoms with van der Waals surface area (Å²) in [5.41, 5.74) is 0. The van der Waals surface area contributed by atoms with Gasteiger partial charge in [0.25, 0.3) is 11.8 Å². The predicted octanol–water partition coefficient (Wildman–Crippen LogP) is -1.10. The molecule has 2 saturated heterocycles. The van der Waals surface area contributed by atoms with Crippen molar-refractivity contribution in [2.75, 3.05) is 67.2 Å². The SMILES string of the molecule is CC(C)CC1C(=O)N(COC(=O)COCCOCCOCC(=O)OCN2C(=O)C(CC(C)C)N(C)S2(=O)=O)S(=O)(=O)N1C. The number of likely N-dealkylation sites (N-methyl/N-ethyl adjacent to an activating group) is 2. The van der Waals surface area contributed by atoms with E-state index in [1.807, 2.05) is 27.7 Å². The largest absolute Gasteiger partial charge is 0.441 e. The van der Waals surface area contributed by atoms with Crippen LogP contribution in [0, 0.1) is 11.8 Å². The van der Waals surface area contributed by atoms with E-state index in [0.29, 0.717) is 21.5 Å². The summed E-state index contributed by atoms with van der Waals surface area (Å²) < 4.78 is 78.0. The lowest BCUT2D eigenvalue weighted by Gasteiger charge is -2.16. The molecule has 43 heavy (non-hydrogen) atoms. The lowest BCUT2D eigenvalue weighted by molar-refractivity contribution is -0.154. The number of carbonyl (C=O) groups excluding carboxylic acids is 4. The topological polar surface area (TPSA) is 196 Å². The van der Waals surface area contributed by atoms with Gasteiger partial charge < -0.3 is 23.7 Å². The van der Waals surface area contributed by atoms with Crippen molar-refractivity contribution in [2.45, 2.75) is 52.6 Å². The van der Waals surface area contributed by atoms with Crippen LogP contribution >= 0.6 is 0 Å². The number of carbonyl (C=O) groups is 4. The molecule has 2 unspecified atom stereocenters. The second kappa shape index (κ2) is 16.1. The zero-order valence-electron chi connectivity index (χ0n) is 25.3. The second-order valence-electron chi connectivity index (χ2n) is 10.7. The minimum atomic E-state index is -4.08. The molecule has 0 bridgehead atoms. The average Bonchev–Trinajstić information content (AvgIpc) is 3.17. The highest BCUT2D eigenvalue weighted by atomic mass is 32.2. The lowest BCUT2D eigenvalue weighted by Crippen LogP contribution is -2.36. The number of amides is 2. The molecule has 2 aliphatic heterocycles. The molecular formula is C24H42N4O13S2. The maximum absolute atomic E-state index is 12.5. The molecule has 0 aromatic rings. The fraction of sp³-hybridized carbons (Fsp3) is 0.833. The maximum atomic E-state index is 12.5. The van der Waals surface area contributed by atoms with E-state index in [0.717, 1.165) is 8.61 Å². The Hall–Kier alpha value is -2.42. The van der Waals surface area contributed by atoms with Crippen molar-refractivity contribution >= 4 is 44.2 Å². The van der Waals surface area contributed by atoms with Crippen molar-refractivity contribution in [2.24, 2.45) is 11.8 Å². The molecule has 2 atom stereocenters. The van der Waals surface area contributed by atoms with Crippen LogP contribution in [-0.4, -0.2) is 137 Å². The Morgan fingerprint density at radius 2 is 0.977 bits per heavy atom. The maximum Gasteiger partial charge on any atom is 0.333 e. The lowest BCUT2D eigenvalue weighted by atomic mass is 10.0. The Morgan fingerprint density at radius 3 is 1.30 bits per heavy atom. The van der Waals surface area contributed by atoms with E-state index in [-0.39, 0.29) is 38.3 Å². The summed E-state index contributed by atoms with van der Waals surface area (Å²) in [7, 11) is -5.55. The summed E-state index contributed by atoms with van der Waals surface area (Å²) in [6.45, 7) is 5.04. The van der Waals surface area contributed by atoms with Crippen LogP contribution in [0.5, 0.6) is 0 Å². The minimum absolute atomic E-state index is 0.0120. The van der Waals surface area contributed by atoms with Crippen LogP contribution in [0.25, 0.3) is 0 Å². The van der Waals surface area contributed by atoms with Crippen LogP contribution in [0.3, 0.4) is 0 Å². The quantitative estimate of drug-likeness (QED) is 0.127. The molecule has 0 N–H and O–H groups in total. The fourth-order valence-corrected chi connectivity index (χ4v) is 6.84. The van der Waals surface area contributed by atoms with Gasteiger partial charge >= 0.3 is 32.4 Å². The van der Waals surface area contributed by atoms with E-state index in [9.17, 15) is 36.0 Å². The smallest absolute Gasteiger partial charge is 0.333 e. The summed E-state index contributed by atoms with van der Waals surface area (Å²) in [5.74, 6) is -2.90. The van der Waals surface area contributed by atoms with Crippen LogP contribution in [0.2, 0.25) is 0 Å². The molecule has 19 heteroatoms. The normalized spacial score (nSPS) is 22.2. The standard InChI is InChI=1S/C24H42N4O13S2/c1-17(2)11-19-23(31)27(42(33,34)25(19)5)15-40-21(29)13-38-9-7-37-8-10-39-14-22(30)41-16-28-24(32)20(12-18(3)4)26(6)43(28,35)36/h17-20H,7-16H2,1-6H3. The zero-order valence-corrected chi connectivity index (χ0v) is 26.9. The number of ether oxygens (including phenoxy) is 5. The van der Waals surface area contributed by atoms with Crippen molar-refractivity contribution < 1.29 is 59.7 Å². The third-order valence-corrected chi connectivity index (χ3v) is 10.1. The molecule has 248 valence electrons. The number of esters is 2. The molecule has 17 nitrogen and oxygen atoms in total.